The molecule has 17 heavy (non-hydrogen) atoms. The number of piperidine rings is 1. The van der Waals surface area contributed by atoms with E-state index in [0.29, 0.717) is 25.7 Å². The minimum atomic E-state index is 0.257. The van der Waals surface area contributed by atoms with Gasteiger partial charge in [-0.25, -0.2) is 0 Å². The SMILES string of the molecule is CCCN(C(=O)CCOCC)C1CCNCC1. The molecule has 1 N–H and O–H groups in total. The van der Waals surface area contributed by atoms with Crippen molar-refractivity contribution >= 4 is 5.91 Å². The molecule has 0 aromatic heterocycles. The van der Waals surface area contributed by atoms with Crippen LogP contribution in [0.5, 0.6) is 0 Å². The molecule has 0 aromatic carbocycles. The van der Waals surface area contributed by atoms with Gasteiger partial charge in [0.05, 0.1) is 13.0 Å². The van der Waals surface area contributed by atoms with Crippen LogP contribution < -0.4 is 5.32 Å². The van der Waals surface area contributed by atoms with Gasteiger partial charge in [-0.05, 0) is 39.3 Å². The summed E-state index contributed by atoms with van der Waals surface area (Å²) in [6.45, 7) is 8.28. The molecule has 0 bridgehead atoms. The summed E-state index contributed by atoms with van der Waals surface area (Å²) in [6.07, 6.45) is 3.73. The Morgan fingerprint density at radius 3 is 2.65 bits per heavy atom. The van der Waals surface area contributed by atoms with Crippen LogP contribution in [0.25, 0.3) is 0 Å². The number of ether oxygens (including phenoxy) is 1. The van der Waals surface area contributed by atoms with Crippen molar-refractivity contribution in [2.24, 2.45) is 0 Å². The van der Waals surface area contributed by atoms with E-state index in [1.807, 2.05) is 6.92 Å². The molecule has 0 aromatic rings. The minimum absolute atomic E-state index is 0.257. The van der Waals surface area contributed by atoms with E-state index in [2.05, 4.69) is 17.1 Å². The Morgan fingerprint density at radius 2 is 2.06 bits per heavy atom. The number of nitrogens with one attached hydrogen (secondary N) is 1. The van der Waals surface area contributed by atoms with Gasteiger partial charge in [0.15, 0.2) is 0 Å². The van der Waals surface area contributed by atoms with Crippen LogP contribution in [0, 0.1) is 0 Å². The lowest BCUT2D eigenvalue weighted by atomic mass is 10.0. The molecule has 0 saturated carbocycles. The fourth-order valence-corrected chi connectivity index (χ4v) is 2.32. The average molecular weight is 242 g/mol. The summed E-state index contributed by atoms with van der Waals surface area (Å²) in [6, 6.07) is 0.435. The van der Waals surface area contributed by atoms with E-state index < -0.39 is 0 Å². The number of carbonyl (C=O) groups is 1. The third-order valence-corrected chi connectivity index (χ3v) is 3.20. The predicted molar refractivity (Wildman–Crippen MR) is 69.0 cm³/mol. The fraction of sp³-hybridized carbons (Fsp3) is 0.923. The van der Waals surface area contributed by atoms with Crippen LogP contribution >= 0.6 is 0 Å². The van der Waals surface area contributed by atoms with Gasteiger partial charge in [0, 0.05) is 19.2 Å². The molecule has 0 aliphatic carbocycles. The topological polar surface area (TPSA) is 41.6 Å². The fourth-order valence-electron chi connectivity index (χ4n) is 2.32. The van der Waals surface area contributed by atoms with Crippen molar-refractivity contribution in [1.82, 2.24) is 10.2 Å². The lowest BCUT2D eigenvalue weighted by Crippen LogP contribution is -2.46. The molecule has 0 unspecified atom stereocenters. The van der Waals surface area contributed by atoms with Crippen molar-refractivity contribution in [3.05, 3.63) is 0 Å². The molecule has 1 heterocycles. The third kappa shape index (κ3) is 5.04. The van der Waals surface area contributed by atoms with E-state index >= 15 is 0 Å². The lowest BCUT2D eigenvalue weighted by Gasteiger charge is -2.34. The Morgan fingerprint density at radius 1 is 1.35 bits per heavy atom. The van der Waals surface area contributed by atoms with Crippen molar-refractivity contribution in [3.8, 4) is 0 Å². The van der Waals surface area contributed by atoms with Crippen molar-refractivity contribution in [1.29, 1.82) is 0 Å². The summed E-state index contributed by atoms with van der Waals surface area (Å²) in [5.41, 5.74) is 0. The van der Waals surface area contributed by atoms with Crippen molar-refractivity contribution in [2.75, 3.05) is 32.8 Å². The molecular formula is C13H26N2O2. The second kappa shape index (κ2) is 8.48. The number of hydrogen-bond donors (Lipinski definition) is 1. The van der Waals surface area contributed by atoms with Crippen LogP contribution in [-0.4, -0.2) is 49.7 Å². The molecule has 1 amide bonds. The molecule has 1 fully saturated rings. The molecule has 0 spiro atoms. The van der Waals surface area contributed by atoms with Gasteiger partial charge in [0.1, 0.15) is 0 Å². The van der Waals surface area contributed by atoms with Gasteiger partial charge in [0.2, 0.25) is 5.91 Å². The maximum Gasteiger partial charge on any atom is 0.225 e. The molecule has 1 aliphatic rings. The van der Waals surface area contributed by atoms with E-state index in [9.17, 15) is 4.79 Å². The Bertz CT molecular complexity index is 215. The third-order valence-electron chi connectivity index (χ3n) is 3.20. The maximum atomic E-state index is 12.1. The van der Waals surface area contributed by atoms with Gasteiger partial charge in [-0.15, -0.1) is 0 Å². The van der Waals surface area contributed by atoms with Gasteiger partial charge >= 0.3 is 0 Å². The van der Waals surface area contributed by atoms with Gasteiger partial charge in [-0.3, -0.25) is 4.79 Å². The van der Waals surface area contributed by atoms with Crippen LogP contribution in [0.15, 0.2) is 0 Å². The van der Waals surface area contributed by atoms with Gasteiger partial charge < -0.3 is 15.0 Å². The Labute approximate surface area is 105 Å². The Hall–Kier alpha value is -0.610. The quantitative estimate of drug-likeness (QED) is 0.686. The zero-order chi connectivity index (χ0) is 12.5. The van der Waals surface area contributed by atoms with Gasteiger partial charge in [0.25, 0.3) is 0 Å². The van der Waals surface area contributed by atoms with Crippen LogP contribution in [0.3, 0.4) is 0 Å². The van der Waals surface area contributed by atoms with Crippen LogP contribution in [-0.2, 0) is 9.53 Å². The highest BCUT2D eigenvalue weighted by Crippen LogP contribution is 2.13. The second-order valence-electron chi connectivity index (χ2n) is 4.52. The molecule has 4 nitrogen and oxygen atoms in total. The van der Waals surface area contributed by atoms with Gasteiger partial charge in [-0.2, -0.15) is 0 Å². The monoisotopic (exact) mass is 242 g/mol. The predicted octanol–water partition coefficient (Wildman–Crippen LogP) is 1.40. The highest BCUT2D eigenvalue weighted by atomic mass is 16.5. The first-order chi connectivity index (χ1) is 8.29. The van der Waals surface area contributed by atoms with Gasteiger partial charge in [-0.1, -0.05) is 6.92 Å². The number of hydrogen-bond acceptors (Lipinski definition) is 3. The smallest absolute Gasteiger partial charge is 0.225 e. The molecule has 0 radical (unpaired) electrons. The minimum Gasteiger partial charge on any atom is -0.381 e. The molecule has 1 aliphatic heterocycles. The number of amides is 1. The number of nitrogens with zero attached hydrogens (tertiary/aromatic N) is 1. The first-order valence-electron chi connectivity index (χ1n) is 6.87. The first-order valence-corrected chi connectivity index (χ1v) is 6.87. The number of carbonyl (C=O) groups excluding carboxylic acids is 1. The van der Waals surface area contributed by atoms with Crippen LogP contribution in [0.4, 0.5) is 0 Å². The summed E-state index contributed by atoms with van der Waals surface area (Å²) in [7, 11) is 0. The Balaban J connectivity index is 2.42. The van der Waals surface area contributed by atoms with Crippen LogP contribution in [0.1, 0.15) is 39.5 Å². The molecule has 4 heteroatoms. The van der Waals surface area contributed by atoms with Crippen LogP contribution in [0.2, 0.25) is 0 Å². The zero-order valence-electron chi connectivity index (χ0n) is 11.2. The zero-order valence-corrected chi connectivity index (χ0v) is 11.2. The molecular weight excluding hydrogens is 216 g/mol. The normalized spacial score (nSPS) is 17.1. The maximum absolute atomic E-state index is 12.1. The average Bonchev–Trinajstić information content (AvgIpc) is 2.37. The van der Waals surface area contributed by atoms with E-state index in [4.69, 9.17) is 4.74 Å². The van der Waals surface area contributed by atoms with E-state index in [1.165, 1.54) is 0 Å². The van der Waals surface area contributed by atoms with Crippen molar-refractivity contribution in [3.63, 3.8) is 0 Å². The highest BCUT2D eigenvalue weighted by Gasteiger charge is 2.23. The summed E-state index contributed by atoms with van der Waals surface area (Å²) in [5.74, 6) is 0.257. The first kappa shape index (κ1) is 14.5. The molecule has 0 atom stereocenters. The standard InChI is InChI=1S/C13H26N2O2/c1-3-10-15(12-5-8-14-9-6-12)13(16)7-11-17-4-2/h12,14H,3-11H2,1-2H3. The van der Waals surface area contributed by atoms with E-state index in [-0.39, 0.29) is 5.91 Å². The Kier molecular flexibility index (Phi) is 7.21. The molecule has 1 saturated heterocycles. The molecule has 100 valence electrons. The highest BCUT2D eigenvalue weighted by molar-refractivity contribution is 5.76. The van der Waals surface area contributed by atoms with E-state index in [0.717, 1.165) is 38.9 Å². The largest absolute Gasteiger partial charge is 0.381 e. The van der Waals surface area contributed by atoms with Crippen molar-refractivity contribution < 1.29 is 9.53 Å². The van der Waals surface area contributed by atoms with Crippen molar-refractivity contribution in [2.45, 2.75) is 45.6 Å². The summed E-state index contributed by atoms with van der Waals surface area (Å²) >= 11 is 0. The number of rotatable bonds is 7. The van der Waals surface area contributed by atoms with E-state index in [1.54, 1.807) is 0 Å². The molecule has 1 rings (SSSR count). The summed E-state index contributed by atoms with van der Waals surface area (Å²) in [4.78, 5) is 14.2. The summed E-state index contributed by atoms with van der Waals surface area (Å²) in [5, 5.41) is 3.34. The lowest BCUT2D eigenvalue weighted by molar-refractivity contribution is -0.135. The second-order valence-corrected chi connectivity index (χ2v) is 4.52. The summed E-state index contributed by atoms with van der Waals surface area (Å²) < 4.78 is 5.26.